The van der Waals surface area contributed by atoms with Crippen LogP contribution in [0.15, 0.2) is 0 Å². The highest BCUT2D eigenvalue weighted by Crippen LogP contribution is 2.06. The van der Waals surface area contributed by atoms with Crippen molar-refractivity contribution in [1.82, 2.24) is 9.97 Å². The zero-order valence-corrected chi connectivity index (χ0v) is 7.77. The van der Waals surface area contributed by atoms with Crippen molar-refractivity contribution in [2.75, 3.05) is 0 Å². The van der Waals surface area contributed by atoms with Crippen LogP contribution in [0.5, 0.6) is 0 Å². The van der Waals surface area contributed by atoms with Gasteiger partial charge in [-0.15, -0.1) is 0 Å². The summed E-state index contributed by atoms with van der Waals surface area (Å²) < 4.78 is 0. The predicted molar refractivity (Wildman–Crippen MR) is 47.3 cm³/mol. The van der Waals surface area contributed by atoms with E-state index in [0.29, 0.717) is 5.69 Å². The van der Waals surface area contributed by atoms with Crippen LogP contribution < -0.4 is 0 Å². The summed E-state index contributed by atoms with van der Waals surface area (Å²) in [4.78, 5) is 18.3. The molecule has 0 amide bonds. The summed E-state index contributed by atoms with van der Waals surface area (Å²) in [5.41, 5.74) is 1.46. The number of aromatic amines is 1. The minimum absolute atomic E-state index is 0.0334. The Morgan fingerprint density at radius 3 is 2.67 bits per heavy atom. The molecule has 0 spiro atoms. The monoisotopic (exact) mass is 166 g/mol. The summed E-state index contributed by atoms with van der Waals surface area (Å²) in [6, 6.07) is 0. The van der Waals surface area contributed by atoms with Crippen molar-refractivity contribution >= 4 is 5.78 Å². The Bertz CT molecular complexity index is 289. The molecule has 0 bridgehead atoms. The second kappa shape index (κ2) is 3.52. The lowest BCUT2D eigenvalue weighted by molar-refractivity contribution is 0.101. The molecule has 0 aliphatic heterocycles. The fourth-order valence-corrected chi connectivity index (χ4v) is 1.22. The molecule has 12 heavy (non-hydrogen) atoms. The molecule has 0 saturated heterocycles. The van der Waals surface area contributed by atoms with E-state index in [9.17, 15) is 4.79 Å². The Labute approximate surface area is 72.2 Å². The Kier molecular flexibility index (Phi) is 2.63. The molecule has 0 saturated carbocycles. The summed E-state index contributed by atoms with van der Waals surface area (Å²) in [6.45, 7) is 5.51. The number of aryl methyl sites for hydroxylation is 2. The molecule has 1 rings (SSSR count). The standard InChI is InChI=1S/C9H14N2O/c1-4-5-8-10-6(2)9(11-8)7(3)12/h4-5H2,1-3H3,(H,10,11). The van der Waals surface area contributed by atoms with Gasteiger partial charge in [-0.2, -0.15) is 0 Å². The highest BCUT2D eigenvalue weighted by atomic mass is 16.1. The predicted octanol–water partition coefficient (Wildman–Crippen LogP) is 1.87. The molecule has 1 aromatic heterocycles. The average molecular weight is 166 g/mol. The van der Waals surface area contributed by atoms with Crippen LogP contribution >= 0.6 is 0 Å². The maximum Gasteiger partial charge on any atom is 0.179 e. The van der Waals surface area contributed by atoms with Crippen LogP contribution in [-0.4, -0.2) is 15.8 Å². The zero-order valence-electron chi connectivity index (χ0n) is 7.77. The number of Topliss-reactive ketones (excluding diaryl/α,β-unsaturated/α-hetero) is 1. The van der Waals surface area contributed by atoms with Gasteiger partial charge in [-0.1, -0.05) is 6.92 Å². The first-order valence-electron chi connectivity index (χ1n) is 4.21. The van der Waals surface area contributed by atoms with Crippen LogP contribution in [0.25, 0.3) is 0 Å². The second-order valence-corrected chi connectivity index (χ2v) is 2.96. The maximum absolute atomic E-state index is 11.0. The third-order valence-electron chi connectivity index (χ3n) is 1.75. The first-order valence-corrected chi connectivity index (χ1v) is 4.21. The summed E-state index contributed by atoms with van der Waals surface area (Å²) in [7, 11) is 0. The number of carbonyl (C=O) groups excluding carboxylic acids is 1. The van der Waals surface area contributed by atoms with Crippen molar-refractivity contribution in [1.29, 1.82) is 0 Å². The topological polar surface area (TPSA) is 45.8 Å². The normalized spacial score (nSPS) is 10.2. The van der Waals surface area contributed by atoms with Gasteiger partial charge in [0.25, 0.3) is 0 Å². The molecule has 1 N–H and O–H groups in total. The van der Waals surface area contributed by atoms with E-state index in [4.69, 9.17) is 0 Å². The summed E-state index contributed by atoms with van der Waals surface area (Å²) >= 11 is 0. The lowest BCUT2D eigenvalue weighted by atomic mass is 10.3. The van der Waals surface area contributed by atoms with Gasteiger partial charge in [0.05, 0.1) is 0 Å². The van der Waals surface area contributed by atoms with E-state index in [1.807, 2.05) is 6.92 Å². The first kappa shape index (κ1) is 8.97. The van der Waals surface area contributed by atoms with E-state index in [-0.39, 0.29) is 5.78 Å². The van der Waals surface area contributed by atoms with Crippen molar-refractivity contribution in [3.63, 3.8) is 0 Å². The third kappa shape index (κ3) is 1.72. The Morgan fingerprint density at radius 1 is 1.58 bits per heavy atom. The van der Waals surface area contributed by atoms with Crippen LogP contribution in [-0.2, 0) is 6.42 Å². The number of ketones is 1. The van der Waals surface area contributed by atoms with Crippen molar-refractivity contribution in [2.45, 2.75) is 33.6 Å². The van der Waals surface area contributed by atoms with Gasteiger partial charge >= 0.3 is 0 Å². The smallest absolute Gasteiger partial charge is 0.179 e. The fraction of sp³-hybridized carbons (Fsp3) is 0.556. The highest BCUT2D eigenvalue weighted by Gasteiger charge is 2.09. The number of carbonyl (C=O) groups is 1. The summed E-state index contributed by atoms with van der Waals surface area (Å²) in [5, 5.41) is 0. The van der Waals surface area contributed by atoms with E-state index in [2.05, 4.69) is 16.9 Å². The van der Waals surface area contributed by atoms with Crippen molar-refractivity contribution in [3.8, 4) is 0 Å². The van der Waals surface area contributed by atoms with Crippen molar-refractivity contribution < 1.29 is 4.79 Å². The molecule has 0 unspecified atom stereocenters. The van der Waals surface area contributed by atoms with Crippen LogP contribution in [0, 0.1) is 6.92 Å². The second-order valence-electron chi connectivity index (χ2n) is 2.96. The van der Waals surface area contributed by atoms with E-state index >= 15 is 0 Å². The van der Waals surface area contributed by atoms with Gasteiger partial charge in [0.15, 0.2) is 5.78 Å². The lowest BCUT2D eigenvalue weighted by Gasteiger charge is -1.87. The number of imidazole rings is 1. The summed E-state index contributed by atoms with van der Waals surface area (Å²) in [6.07, 6.45) is 1.96. The number of nitrogens with zero attached hydrogens (tertiary/aromatic N) is 1. The Hall–Kier alpha value is -1.12. The van der Waals surface area contributed by atoms with Crippen LogP contribution in [0.2, 0.25) is 0 Å². The Balaban J connectivity index is 2.92. The molecule has 66 valence electrons. The van der Waals surface area contributed by atoms with Crippen LogP contribution in [0.4, 0.5) is 0 Å². The quantitative estimate of drug-likeness (QED) is 0.697. The molecular formula is C9H14N2O. The number of nitrogens with one attached hydrogen (secondary N) is 1. The molecule has 0 aliphatic rings. The van der Waals surface area contributed by atoms with Crippen molar-refractivity contribution in [3.05, 3.63) is 17.2 Å². The minimum Gasteiger partial charge on any atom is -0.345 e. The number of H-pyrrole nitrogens is 1. The van der Waals surface area contributed by atoms with Gasteiger partial charge in [-0.25, -0.2) is 4.98 Å². The van der Waals surface area contributed by atoms with Gasteiger partial charge in [-0.3, -0.25) is 4.79 Å². The van der Waals surface area contributed by atoms with Gasteiger partial charge in [-0.05, 0) is 13.3 Å². The third-order valence-corrected chi connectivity index (χ3v) is 1.75. The van der Waals surface area contributed by atoms with E-state index in [1.54, 1.807) is 6.92 Å². The minimum atomic E-state index is 0.0334. The SMILES string of the molecule is CCCc1nc(C(C)=O)c(C)[nH]1. The number of rotatable bonds is 3. The highest BCUT2D eigenvalue weighted by molar-refractivity contribution is 5.93. The van der Waals surface area contributed by atoms with E-state index in [0.717, 1.165) is 24.4 Å². The average Bonchev–Trinajstić information content (AvgIpc) is 2.32. The molecule has 0 aromatic carbocycles. The maximum atomic E-state index is 11.0. The molecular weight excluding hydrogens is 152 g/mol. The van der Waals surface area contributed by atoms with Crippen LogP contribution in [0.1, 0.15) is 42.3 Å². The van der Waals surface area contributed by atoms with E-state index < -0.39 is 0 Å². The number of hydrogen-bond acceptors (Lipinski definition) is 2. The molecule has 1 aromatic rings. The first-order chi connectivity index (χ1) is 5.65. The molecule has 1 heterocycles. The van der Waals surface area contributed by atoms with Crippen LogP contribution in [0.3, 0.4) is 0 Å². The summed E-state index contributed by atoms with van der Waals surface area (Å²) in [5.74, 6) is 0.950. The molecule has 0 atom stereocenters. The zero-order chi connectivity index (χ0) is 9.14. The van der Waals surface area contributed by atoms with Crippen molar-refractivity contribution in [2.24, 2.45) is 0 Å². The van der Waals surface area contributed by atoms with Gasteiger partial charge in [0, 0.05) is 19.0 Å². The molecule has 0 aliphatic carbocycles. The molecule has 3 nitrogen and oxygen atoms in total. The molecule has 0 fully saturated rings. The van der Waals surface area contributed by atoms with Gasteiger partial charge in [0.2, 0.25) is 0 Å². The van der Waals surface area contributed by atoms with Gasteiger partial charge in [0.1, 0.15) is 11.5 Å². The Morgan fingerprint density at radius 2 is 2.25 bits per heavy atom. The fourth-order valence-electron chi connectivity index (χ4n) is 1.22. The lowest BCUT2D eigenvalue weighted by Crippen LogP contribution is -1.94. The largest absolute Gasteiger partial charge is 0.345 e. The van der Waals surface area contributed by atoms with Gasteiger partial charge < -0.3 is 4.98 Å². The van der Waals surface area contributed by atoms with E-state index in [1.165, 1.54) is 0 Å². The number of hydrogen-bond donors (Lipinski definition) is 1. The molecule has 0 radical (unpaired) electrons. The number of aromatic nitrogens is 2. The molecule has 3 heteroatoms.